The molecule has 1 aromatic heterocycles. The Balaban J connectivity index is 1.30. The van der Waals surface area contributed by atoms with Gasteiger partial charge in [-0.2, -0.15) is 0 Å². The summed E-state index contributed by atoms with van der Waals surface area (Å²) >= 11 is 1.67. The maximum Gasteiger partial charge on any atom is 0.197 e. The van der Waals surface area contributed by atoms with Gasteiger partial charge in [-0.1, -0.05) is 30.3 Å². The third kappa shape index (κ3) is 3.69. The Morgan fingerprint density at radius 2 is 2.04 bits per heavy atom. The van der Waals surface area contributed by atoms with E-state index in [4.69, 9.17) is 4.98 Å². The molecule has 1 atom stereocenters. The van der Waals surface area contributed by atoms with Crippen molar-refractivity contribution in [3.63, 3.8) is 0 Å². The molecule has 144 valence electrons. The summed E-state index contributed by atoms with van der Waals surface area (Å²) in [7, 11) is 0. The smallest absolute Gasteiger partial charge is 0.197 e. The van der Waals surface area contributed by atoms with Gasteiger partial charge in [0, 0.05) is 43.2 Å². The fraction of sp³-hybridized carbons (Fsp3) is 0.364. The summed E-state index contributed by atoms with van der Waals surface area (Å²) in [5.41, 5.74) is 2.52. The maximum absolute atomic E-state index is 4.87. The predicted octanol–water partition coefficient (Wildman–Crippen LogP) is 4.44. The number of fused-ring (bicyclic) bond motifs is 1. The number of aromatic nitrogens is 1. The van der Waals surface area contributed by atoms with Crippen LogP contribution in [0, 0.1) is 0 Å². The van der Waals surface area contributed by atoms with Crippen molar-refractivity contribution >= 4 is 38.9 Å². The molecule has 2 aromatic carbocycles. The van der Waals surface area contributed by atoms with E-state index in [2.05, 4.69) is 68.4 Å². The molecule has 5 nitrogen and oxygen atoms in total. The van der Waals surface area contributed by atoms with Gasteiger partial charge in [0.1, 0.15) is 0 Å². The first-order chi connectivity index (χ1) is 13.8. The SMILES string of the molecule is c1ccc2cc(N3CCCC(c4csc(NC5=NCCCN5)n4)C3)ccc2c1. The van der Waals surface area contributed by atoms with Crippen LogP contribution in [0.25, 0.3) is 10.8 Å². The summed E-state index contributed by atoms with van der Waals surface area (Å²) in [6.07, 6.45) is 3.50. The van der Waals surface area contributed by atoms with Crippen LogP contribution in [0.2, 0.25) is 0 Å². The number of hydrogen-bond acceptors (Lipinski definition) is 6. The Kier molecular flexibility index (Phi) is 4.87. The van der Waals surface area contributed by atoms with Crippen molar-refractivity contribution in [1.82, 2.24) is 10.3 Å². The van der Waals surface area contributed by atoms with E-state index in [1.165, 1.54) is 35.0 Å². The van der Waals surface area contributed by atoms with Gasteiger partial charge in [-0.05, 0) is 42.2 Å². The van der Waals surface area contributed by atoms with Crippen LogP contribution in [0.15, 0.2) is 52.8 Å². The second-order valence-electron chi connectivity index (χ2n) is 7.53. The lowest BCUT2D eigenvalue weighted by Gasteiger charge is -2.34. The Bertz CT molecular complexity index is 995. The van der Waals surface area contributed by atoms with Crippen LogP contribution in [-0.2, 0) is 0 Å². The molecule has 3 heterocycles. The topological polar surface area (TPSA) is 52.5 Å². The normalized spacial score (nSPS) is 19.9. The molecule has 0 spiro atoms. The van der Waals surface area contributed by atoms with E-state index in [-0.39, 0.29) is 0 Å². The van der Waals surface area contributed by atoms with E-state index in [0.29, 0.717) is 5.92 Å². The molecule has 0 aliphatic carbocycles. The Hall–Kier alpha value is -2.60. The fourth-order valence-electron chi connectivity index (χ4n) is 4.08. The van der Waals surface area contributed by atoms with Crippen LogP contribution >= 0.6 is 11.3 Å². The molecule has 6 heteroatoms. The maximum atomic E-state index is 4.87. The van der Waals surface area contributed by atoms with Crippen LogP contribution in [0.5, 0.6) is 0 Å². The minimum Gasteiger partial charge on any atom is -0.371 e. The number of thiazole rings is 1. The van der Waals surface area contributed by atoms with Gasteiger partial charge in [0.2, 0.25) is 0 Å². The largest absolute Gasteiger partial charge is 0.371 e. The lowest BCUT2D eigenvalue weighted by molar-refractivity contribution is 0.503. The molecule has 0 amide bonds. The lowest BCUT2D eigenvalue weighted by Crippen LogP contribution is -2.35. The third-order valence-corrected chi connectivity index (χ3v) is 6.36. The van der Waals surface area contributed by atoms with E-state index < -0.39 is 0 Å². The zero-order valence-corrected chi connectivity index (χ0v) is 16.7. The van der Waals surface area contributed by atoms with Gasteiger partial charge in [-0.25, -0.2) is 4.98 Å². The van der Waals surface area contributed by atoms with Crippen LogP contribution in [0.1, 0.15) is 30.9 Å². The zero-order chi connectivity index (χ0) is 18.8. The fourth-order valence-corrected chi connectivity index (χ4v) is 4.87. The summed E-state index contributed by atoms with van der Waals surface area (Å²) < 4.78 is 0. The quantitative estimate of drug-likeness (QED) is 0.693. The number of aliphatic imine (C=N–C) groups is 1. The standard InChI is InChI=1S/C22H25N5S/c1-2-6-17-13-19(9-8-16(17)5-1)27-12-3-7-18(14-27)20-15-28-22(25-20)26-21-23-10-4-11-24-21/h1-2,5-6,8-9,13,15,18H,3-4,7,10-12,14H2,(H2,23,24,25,26). The molecule has 0 radical (unpaired) electrons. The molecule has 3 aromatic rings. The summed E-state index contributed by atoms with van der Waals surface area (Å²) in [6, 6.07) is 15.4. The number of rotatable bonds is 3. The van der Waals surface area contributed by atoms with Gasteiger partial charge in [0.15, 0.2) is 11.1 Å². The number of benzene rings is 2. The highest BCUT2D eigenvalue weighted by Crippen LogP contribution is 2.32. The van der Waals surface area contributed by atoms with E-state index in [0.717, 1.165) is 43.7 Å². The number of piperidine rings is 1. The summed E-state index contributed by atoms with van der Waals surface area (Å²) in [6.45, 7) is 4.01. The first-order valence-corrected chi connectivity index (χ1v) is 11.0. The van der Waals surface area contributed by atoms with Crippen molar-refractivity contribution in [3.05, 3.63) is 53.5 Å². The average molecular weight is 392 g/mol. The van der Waals surface area contributed by atoms with Gasteiger partial charge < -0.3 is 15.5 Å². The highest BCUT2D eigenvalue weighted by molar-refractivity contribution is 7.13. The van der Waals surface area contributed by atoms with Gasteiger partial charge in [0.25, 0.3) is 0 Å². The predicted molar refractivity (Wildman–Crippen MR) is 119 cm³/mol. The van der Waals surface area contributed by atoms with Crippen LogP contribution < -0.4 is 15.5 Å². The highest BCUT2D eigenvalue weighted by Gasteiger charge is 2.24. The Morgan fingerprint density at radius 1 is 1.11 bits per heavy atom. The number of nitrogens with one attached hydrogen (secondary N) is 2. The number of hydrogen-bond donors (Lipinski definition) is 2. The molecule has 2 aliphatic heterocycles. The second-order valence-corrected chi connectivity index (χ2v) is 8.39. The average Bonchev–Trinajstić information content (AvgIpc) is 3.23. The molecule has 2 aliphatic rings. The van der Waals surface area contributed by atoms with Crippen LogP contribution in [-0.4, -0.2) is 37.1 Å². The summed E-state index contributed by atoms with van der Waals surface area (Å²) in [5, 5.41) is 12.4. The summed E-state index contributed by atoms with van der Waals surface area (Å²) in [5.74, 6) is 1.34. The van der Waals surface area contributed by atoms with Crippen molar-refractivity contribution in [2.24, 2.45) is 4.99 Å². The number of nitrogens with zero attached hydrogens (tertiary/aromatic N) is 3. The lowest BCUT2D eigenvalue weighted by atomic mass is 9.95. The van der Waals surface area contributed by atoms with Crippen molar-refractivity contribution in [1.29, 1.82) is 0 Å². The molecule has 1 saturated heterocycles. The third-order valence-electron chi connectivity index (χ3n) is 5.58. The molecule has 1 unspecified atom stereocenters. The highest BCUT2D eigenvalue weighted by atomic mass is 32.1. The van der Waals surface area contributed by atoms with Gasteiger partial charge in [-0.15, -0.1) is 11.3 Å². The number of guanidine groups is 1. The van der Waals surface area contributed by atoms with Crippen LogP contribution in [0.3, 0.4) is 0 Å². The minimum atomic E-state index is 0.480. The molecule has 0 saturated carbocycles. The van der Waals surface area contributed by atoms with Gasteiger partial charge in [0.05, 0.1) is 5.69 Å². The zero-order valence-electron chi connectivity index (χ0n) is 15.9. The van der Waals surface area contributed by atoms with E-state index in [9.17, 15) is 0 Å². The van der Waals surface area contributed by atoms with E-state index in [1.54, 1.807) is 11.3 Å². The Labute approximate surface area is 169 Å². The number of anilines is 2. The molecule has 1 fully saturated rings. The van der Waals surface area contributed by atoms with Gasteiger partial charge >= 0.3 is 0 Å². The van der Waals surface area contributed by atoms with Crippen molar-refractivity contribution in [3.8, 4) is 0 Å². The van der Waals surface area contributed by atoms with Crippen LogP contribution in [0.4, 0.5) is 10.8 Å². The second kappa shape index (κ2) is 7.80. The first-order valence-electron chi connectivity index (χ1n) is 10.1. The molecule has 28 heavy (non-hydrogen) atoms. The monoisotopic (exact) mass is 391 g/mol. The molecule has 5 rings (SSSR count). The van der Waals surface area contributed by atoms with Crippen molar-refractivity contribution < 1.29 is 0 Å². The van der Waals surface area contributed by atoms with Crippen molar-refractivity contribution in [2.75, 3.05) is 36.4 Å². The molecule has 2 N–H and O–H groups in total. The van der Waals surface area contributed by atoms with E-state index >= 15 is 0 Å². The van der Waals surface area contributed by atoms with E-state index in [1.807, 2.05) is 0 Å². The first kappa shape index (κ1) is 17.5. The van der Waals surface area contributed by atoms with Crippen molar-refractivity contribution in [2.45, 2.75) is 25.2 Å². The molecular weight excluding hydrogens is 366 g/mol. The molecular formula is C22H25N5S. The molecule has 0 bridgehead atoms. The Morgan fingerprint density at radius 3 is 2.93 bits per heavy atom. The van der Waals surface area contributed by atoms with Gasteiger partial charge in [-0.3, -0.25) is 4.99 Å². The minimum absolute atomic E-state index is 0.480. The summed E-state index contributed by atoms with van der Waals surface area (Å²) in [4.78, 5) is 11.9.